The summed E-state index contributed by atoms with van der Waals surface area (Å²) in [5.41, 5.74) is 7.56. The number of hydrogen-bond acceptors (Lipinski definition) is 3. The number of fused-ring (bicyclic) bond motifs is 1. The highest BCUT2D eigenvalue weighted by Crippen LogP contribution is 2.26. The minimum absolute atomic E-state index is 0. The van der Waals surface area contributed by atoms with Gasteiger partial charge in [0.1, 0.15) is 0 Å². The molecular formula is C18H27ClN4O2. The largest absolute Gasteiger partial charge is 0.341 e. The topological polar surface area (TPSA) is 84.1 Å². The molecule has 1 aliphatic rings. The second-order valence-electron chi connectivity index (χ2n) is 7.72. The molecule has 1 saturated heterocycles. The molecule has 2 heterocycles. The van der Waals surface area contributed by atoms with Crippen LogP contribution in [0.5, 0.6) is 0 Å². The van der Waals surface area contributed by atoms with Crippen LogP contribution in [-0.4, -0.2) is 39.5 Å². The predicted octanol–water partition coefficient (Wildman–Crippen LogP) is 2.29. The lowest BCUT2D eigenvalue weighted by Gasteiger charge is -2.36. The van der Waals surface area contributed by atoms with Gasteiger partial charge >= 0.3 is 5.69 Å². The van der Waals surface area contributed by atoms with E-state index in [9.17, 15) is 9.59 Å². The van der Waals surface area contributed by atoms with Crippen LogP contribution >= 0.6 is 12.4 Å². The van der Waals surface area contributed by atoms with E-state index in [1.54, 1.807) is 0 Å². The van der Waals surface area contributed by atoms with Crippen molar-refractivity contribution in [1.29, 1.82) is 0 Å². The van der Waals surface area contributed by atoms with Crippen molar-refractivity contribution in [3.63, 3.8) is 0 Å². The Hall–Kier alpha value is -1.79. The van der Waals surface area contributed by atoms with E-state index in [1.165, 1.54) is 0 Å². The molecule has 1 atom stereocenters. The number of aromatic nitrogens is 2. The summed E-state index contributed by atoms with van der Waals surface area (Å²) in [5.74, 6) is 0.00669. The molecule has 3 N–H and O–H groups in total. The third kappa shape index (κ3) is 3.75. The van der Waals surface area contributed by atoms with Crippen LogP contribution in [0.4, 0.5) is 0 Å². The van der Waals surface area contributed by atoms with Crippen molar-refractivity contribution in [2.24, 2.45) is 11.1 Å². The number of imidazole rings is 1. The molecule has 138 valence electrons. The van der Waals surface area contributed by atoms with E-state index in [2.05, 4.69) is 4.98 Å². The normalized spacial score (nSPS) is 17.4. The molecule has 0 radical (unpaired) electrons. The summed E-state index contributed by atoms with van der Waals surface area (Å²) in [6.45, 7) is 7.22. The van der Waals surface area contributed by atoms with Gasteiger partial charge in [-0.2, -0.15) is 0 Å². The second-order valence-corrected chi connectivity index (χ2v) is 7.72. The standard InChI is InChI=1S/C18H26N4O2.ClH/c1-18(2,3)15(19)16(23)21-10-8-12(9-11-21)22-14-7-5-4-6-13(14)20-17(22)24;/h4-7,12,15H,8-11,19H2,1-3H3,(H,20,24);1H/t15-;/m1./s1. The summed E-state index contributed by atoms with van der Waals surface area (Å²) < 4.78 is 1.83. The first-order chi connectivity index (χ1) is 11.3. The molecule has 0 saturated carbocycles. The van der Waals surface area contributed by atoms with Gasteiger partial charge in [-0.25, -0.2) is 4.79 Å². The van der Waals surface area contributed by atoms with Gasteiger partial charge in [-0.15, -0.1) is 12.4 Å². The monoisotopic (exact) mass is 366 g/mol. The summed E-state index contributed by atoms with van der Waals surface area (Å²) >= 11 is 0. The SMILES string of the molecule is CC(C)(C)[C@H](N)C(=O)N1CCC(n2c(=O)[nH]c3ccccc32)CC1.Cl. The molecule has 25 heavy (non-hydrogen) atoms. The van der Waals surface area contributed by atoms with Gasteiger partial charge in [0, 0.05) is 19.1 Å². The first-order valence-electron chi connectivity index (χ1n) is 8.52. The average molecular weight is 367 g/mol. The fourth-order valence-corrected chi connectivity index (χ4v) is 3.35. The minimum Gasteiger partial charge on any atom is -0.341 e. The smallest absolute Gasteiger partial charge is 0.326 e. The molecule has 0 spiro atoms. The molecule has 7 heteroatoms. The van der Waals surface area contributed by atoms with Gasteiger partial charge in [0.05, 0.1) is 17.1 Å². The Bertz CT molecular complexity index is 797. The summed E-state index contributed by atoms with van der Waals surface area (Å²) in [7, 11) is 0. The molecule has 1 amide bonds. The first kappa shape index (κ1) is 19.5. The number of H-pyrrole nitrogens is 1. The average Bonchev–Trinajstić information content (AvgIpc) is 2.88. The molecule has 0 bridgehead atoms. The van der Waals surface area contributed by atoms with Gasteiger partial charge < -0.3 is 15.6 Å². The molecule has 0 unspecified atom stereocenters. The zero-order valence-electron chi connectivity index (χ0n) is 15.0. The van der Waals surface area contributed by atoms with Crippen molar-refractivity contribution in [3.8, 4) is 0 Å². The Morgan fingerprint density at radius 2 is 1.84 bits per heavy atom. The third-order valence-electron chi connectivity index (χ3n) is 4.96. The van der Waals surface area contributed by atoms with E-state index in [0.717, 1.165) is 23.9 Å². The summed E-state index contributed by atoms with van der Waals surface area (Å²) in [4.78, 5) is 29.6. The van der Waals surface area contributed by atoms with Crippen molar-refractivity contribution in [2.75, 3.05) is 13.1 Å². The molecular weight excluding hydrogens is 340 g/mol. The molecule has 3 rings (SSSR count). The van der Waals surface area contributed by atoms with Gasteiger partial charge in [-0.1, -0.05) is 32.9 Å². The number of carbonyl (C=O) groups is 1. The molecule has 1 aliphatic heterocycles. The maximum atomic E-state index is 12.5. The van der Waals surface area contributed by atoms with Crippen LogP contribution < -0.4 is 11.4 Å². The molecule has 0 aliphatic carbocycles. The minimum atomic E-state index is -0.495. The van der Waals surface area contributed by atoms with E-state index < -0.39 is 6.04 Å². The van der Waals surface area contributed by atoms with Crippen molar-refractivity contribution in [3.05, 3.63) is 34.7 Å². The number of benzene rings is 1. The number of aromatic amines is 1. The van der Waals surface area contributed by atoms with Gasteiger partial charge in [0.15, 0.2) is 0 Å². The quantitative estimate of drug-likeness (QED) is 0.855. The maximum Gasteiger partial charge on any atom is 0.326 e. The van der Waals surface area contributed by atoms with Crippen LogP contribution in [0.15, 0.2) is 29.1 Å². The molecule has 6 nitrogen and oxygen atoms in total. The van der Waals surface area contributed by atoms with Crippen LogP contribution in [0, 0.1) is 5.41 Å². The Balaban J connectivity index is 0.00000225. The lowest BCUT2D eigenvalue weighted by molar-refractivity contribution is -0.136. The zero-order valence-corrected chi connectivity index (χ0v) is 15.8. The summed E-state index contributed by atoms with van der Waals surface area (Å²) in [6.07, 6.45) is 1.54. The third-order valence-corrected chi connectivity index (χ3v) is 4.96. The Labute approximate surface area is 153 Å². The highest BCUT2D eigenvalue weighted by atomic mass is 35.5. The maximum absolute atomic E-state index is 12.5. The highest BCUT2D eigenvalue weighted by Gasteiger charge is 2.33. The van der Waals surface area contributed by atoms with Gasteiger partial charge in [0.2, 0.25) is 5.91 Å². The fraction of sp³-hybridized carbons (Fsp3) is 0.556. The number of amides is 1. The lowest BCUT2D eigenvalue weighted by Crippen LogP contribution is -2.52. The van der Waals surface area contributed by atoms with Gasteiger partial charge in [-0.3, -0.25) is 9.36 Å². The van der Waals surface area contributed by atoms with Gasteiger partial charge in [0.25, 0.3) is 0 Å². The van der Waals surface area contributed by atoms with E-state index in [0.29, 0.717) is 13.1 Å². The Kier molecular flexibility index (Phi) is 5.64. The molecule has 1 fully saturated rings. The number of likely N-dealkylation sites (tertiary alicyclic amines) is 1. The first-order valence-corrected chi connectivity index (χ1v) is 8.52. The number of para-hydroxylation sites is 2. The van der Waals surface area contributed by atoms with Crippen molar-refractivity contribution in [1.82, 2.24) is 14.5 Å². The molecule has 1 aromatic carbocycles. The van der Waals surface area contributed by atoms with Crippen LogP contribution in [0.25, 0.3) is 11.0 Å². The van der Waals surface area contributed by atoms with Crippen molar-refractivity contribution in [2.45, 2.75) is 45.7 Å². The second kappa shape index (κ2) is 7.22. The molecule has 1 aromatic heterocycles. The summed E-state index contributed by atoms with van der Waals surface area (Å²) in [6, 6.07) is 7.34. The highest BCUT2D eigenvalue weighted by molar-refractivity contribution is 5.85. The van der Waals surface area contributed by atoms with Crippen molar-refractivity contribution < 1.29 is 4.79 Å². The number of halogens is 1. The fourth-order valence-electron chi connectivity index (χ4n) is 3.35. The molecule has 2 aromatic rings. The van der Waals surface area contributed by atoms with Gasteiger partial charge in [-0.05, 0) is 30.4 Å². The lowest BCUT2D eigenvalue weighted by atomic mass is 9.86. The Morgan fingerprint density at radius 3 is 2.44 bits per heavy atom. The zero-order chi connectivity index (χ0) is 17.5. The number of carbonyl (C=O) groups excluding carboxylic acids is 1. The number of nitrogens with one attached hydrogen (secondary N) is 1. The van der Waals surface area contributed by atoms with Crippen LogP contribution in [0.1, 0.15) is 39.7 Å². The van der Waals surface area contributed by atoms with E-state index in [4.69, 9.17) is 5.73 Å². The number of hydrogen-bond donors (Lipinski definition) is 2. The van der Waals surface area contributed by atoms with E-state index in [1.807, 2.05) is 54.5 Å². The number of nitrogens with zero attached hydrogens (tertiary/aromatic N) is 2. The number of piperidine rings is 1. The van der Waals surface area contributed by atoms with Crippen LogP contribution in [0.2, 0.25) is 0 Å². The van der Waals surface area contributed by atoms with E-state index >= 15 is 0 Å². The van der Waals surface area contributed by atoms with Crippen LogP contribution in [-0.2, 0) is 4.79 Å². The number of nitrogens with two attached hydrogens (primary N) is 1. The van der Waals surface area contributed by atoms with E-state index in [-0.39, 0.29) is 35.5 Å². The van der Waals surface area contributed by atoms with Crippen LogP contribution in [0.3, 0.4) is 0 Å². The number of rotatable bonds is 2. The predicted molar refractivity (Wildman–Crippen MR) is 102 cm³/mol. The summed E-state index contributed by atoms with van der Waals surface area (Å²) in [5, 5.41) is 0. The Morgan fingerprint density at radius 1 is 1.24 bits per heavy atom. The van der Waals surface area contributed by atoms with Crippen molar-refractivity contribution >= 4 is 29.3 Å².